The summed E-state index contributed by atoms with van der Waals surface area (Å²) in [6.07, 6.45) is 0.957. The number of rotatable bonds is 5. The van der Waals surface area contributed by atoms with Crippen LogP contribution in [0.5, 0.6) is 5.75 Å². The first-order valence-electron chi connectivity index (χ1n) is 7.36. The number of halogens is 1. The summed E-state index contributed by atoms with van der Waals surface area (Å²) in [7, 11) is 1.39. The van der Waals surface area contributed by atoms with E-state index in [0.717, 1.165) is 16.9 Å². The Morgan fingerprint density at radius 3 is 2.82 bits per heavy atom. The molecule has 1 aliphatic rings. The molecular formula is C17H21BrO4. The molecule has 1 heterocycles. The Labute approximate surface area is 139 Å². The SMILES string of the molecule is COC(=O)C[C@H](C)c1cccc2c1OCC[C@]2(C)C(=O)CBr. The van der Waals surface area contributed by atoms with Crippen molar-refractivity contribution in [3.8, 4) is 5.75 Å². The van der Waals surface area contributed by atoms with E-state index in [9.17, 15) is 9.59 Å². The molecule has 0 unspecified atom stereocenters. The molecule has 0 amide bonds. The lowest BCUT2D eigenvalue weighted by molar-refractivity contribution is -0.141. The Morgan fingerprint density at radius 2 is 2.18 bits per heavy atom. The Balaban J connectivity index is 2.43. The van der Waals surface area contributed by atoms with Crippen molar-refractivity contribution in [3.63, 3.8) is 0 Å². The lowest BCUT2D eigenvalue weighted by Gasteiger charge is -2.35. The van der Waals surface area contributed by atoms with Crippen LogP contribution in [-0.4, -0.2) is 30.8 Å². The number of esters is 1. The predicted molar refractivity (Wildman–Crippen MR) is 87.8 cm³/mol. The van der Waals surface area contributed by atoms with Gasteiger partial charge in [0.05, 0.1) is 30.9 Å². The fourth-order valence-corrected chi connectivity index (χ4v) is 3.53. The van der Waals surface area contributed by atoms with E-state index in [-0.39, 0.29) is 17.7 Å². The first-order chi connectivity index (χ1) is 10.4. The molecule has 4 nitrogen and oxygen atoms in total. The molecule has 0 saturated carbocycles. The van der Waals surface area contributed by atoms with E-state index in [4.69, 9.17) is 9.47 Å². The number of ketones is 1. The zero-order valence-corrected chi connectivity index (χ0v) is 14.7. The highest BCUT2D eigenvalue weighted by atomic mass is 79.9. The Kier molecular flexibility index (Phi) is 5.27. The number of methoxy groups -OCH3 is 1. The summed E-state index contributed by atoms with van der Waals surface area (Å²) in [4.78, 5) is 23.9. The maximum Gasteiger partial charge on any atom is 0.306 e. The van der Waals surface area contributed by atoms with E-state index < -0.39 is 5.41 Å². The second kappa shape index (κ2) is 6.82. The molecule has 0 bridgehead atoms. The number of ether oxygens (including phenoxy) is 2. The van der Waals surface area contributed by atoms with Crippen LogP contribution < -0.4 is 4.74 Å². The third kappa shape index (κ3) is 3.05. The average Bonchev–Trinajstić information content (AvgIpc) is 2.53. The molecule has 0 radical (unpaired) electrons. The monoisotopic (exact) mass is 368 g/mol. The Morgan fingerprint density at radius 1 is 1.45 bits per heavy atom. The van der Waals surface area contributed by atoms with Crippen molar-refractivity contribution in [1.82, 2.24) is 0 Å². The number of alkyl halides is 1. The molecule has 5 heteroatoms. The Bertz CT molecular complexity index is 584. The van der Waals surface area contributed by atoms with Gasteiger partial charge in [0.1, 0.15) is 5.75 Å². The second-order valence-electron chi connectivity index (χ2n) is 5.89. The number of carbonyl (C=O) groups excluding carboxylic acids is 2. The van der Waals surface area contributed by atoms with E-state index in [1.54, 1.807) is 0 Å². The van der Waals surface area contributed by atoms with Crippen LogP contribution in [0.4, 0.5) is 0 Å². The highest BCUT2D eigenvalue weighted by Crippen LogP contribution is 2.44. The van der Waals surface area contributed by atoms with Gasteiger partial charge in [-0.1, -0.05) is 41.1 Å². The normalized spacial score (nSPS) is 21.5. The van der Waals surface area contributed by atoms with Crippen molar-refractivity contribution in [3.05, 3.63) is 29.3 Å². The number of benzene rings is 1. The van der Waals surface area contributed by atoms with Crippen LogP contribution in [0.15, 0.2) is 18.2 Å². The molecule has 2 atom stereocenters. The van der Waals surface area contributed by atoms with Gasteiger partial charge in [0.2, 0.25) is 0 Å². The number of fused-ring (bicyclic) bond motifs is 1. The number of hydrogen-bond donors (Lipinski definition) is 0. The molecule has 2 rings (SSSR count). The summed E-state index contributed by atoms with van der Waals surface area (Å²) in [6.45, 7) is 4.44. The van der Waals surface area contributed by atoms with Gasteiger partial charge in [0.15, 0.2) is 5.78 Å². The number of hydrogen-bond acceptors (Lipinski definition) is 4. The molecule has 1 aromatic carbocycles. The molecule has 22 heavy (non-hydrogen) atoms. The molecule has 0 spiro atoms. The zero-order chi connectivity index (χ0) is 16.3. The molecule has 0 fully saturated rings. The van der Waals surface area contributed by atoms with Crippen molar-refractivity contribution in [1.29, 1.82) is 0 Å². The third-order valence-electron chi connectivity index (χ3n) is 4.46. The summed E-state index contributed by atoms with van der Waals surface area (Å²) in [5.41, 5.74) is 1.33. The zero-order valence-electron chi connectivity index (χ0n) is 13.1. The van der Waals surface area contributed by atoms with Gasteiger partial charge in [-0.15, -0.1) is 0 Å². The standard InChI is InChI=1S/C17H21BrO4/c1-11(9-15(20)21-3)12-5-4-6-13-16(12)22-8-7-17(13,2)14(19)10-18/h4-6,11H,7-10H2,1-3H3/t11-,17-/m0/s1. The Hall–Kier alpha value is -1.36. The van der Waals surface area contributed by atoms with Crippen molar-refractivity contribution in [2.75, 3.05) is 19.0 Å². The first-order valence-corrected chi connectivity index (χ1v) is 8.48. The number of para-hydroxylation sites is 1. The second-order valence-corrected chi connectivity index (χ2v) is 6.45. The maximum atomic E-state index is 12.4. The van der Waals surface area contributed by atoms with Gasteiger partial charge in [0.25, 0.3) is 0 Å². The summed E-state index contributed by atoms with van der Waals surface area (Å²) < 4.78 is 10.6. The van der Waals surface area contributed by atoms with Gasteiger partial charge < -0.3 is 9.47 Å². The highest BCUT2D eigenvalue weighted by Gasteiger charge is 2.40. The van der Waals surface area contributed by atoms with Crippen LogP contribution in [0.2, 0.25) is 0 Å². The van der Waals surface area contributed by atoms with E-state index in [0.29, 0.717) is 24.8 Å². The summed E-state index contributed by atoms with van der Waals surface area (Å²) in [5, 5.41) is 0.324. The fourth-order valence-electron chi connectivity index (χ4n) is 2.91. The molecule has 120 valence electrons. The van der Waals surface area contributed by atoms with E-state index in [1.165, 1.54) is 7.11 Å². The largest absolute Gasteiger partial charge is 0.493 e. The summed E-state index contributed by atoms with van der Waals surface area (Å²) in [6, 6.07) is 5.83. The molecule has 0 aromatic heterocycles. The van der Waals surface area contributed by atoms with Gasteiger partial charge in [-0.05, 0) is 24.8 Å². The molecule has 0 aliphatic carbocycles. The van der Waals surface area contributed by atoms with Gasteiger partial charge in [0, 0.05) is 5.56 Å². The van der Waals surface area contributed by atoms with Crippen LogP contribution in [0.25, 0.3) is 0 Å². The van der Waals surface area contributed by atoms with Crippen molar-refractivity contribution in [2.45, 2.75) is 38.0 Å². The van der Waals surface area contributed by atoms with Crippen molar-refractivity contribution >= 4 is 27.7 Å². The van der Waals surface area contributed by atoms with Crippen LogP contribution in [0, 0.1) is 0 Å². The lowest BCUT2D eigenvalue weighted by atomic mass is 9.73. The van der Waals surface area contributed by atoms with Crippen molar-refractivity contribution < 1.29 is 19.1 Å². The van der Waals surface area contributed by atoms with Crippen molar-refractivity contribution in [2.24, 2.45) is 0 Å². The fraction of sp³-hybridized carbons (Fsp3) is 0.529. The number of carbonyl (C=O) groups is 2. The topological polar surface area (TPSA) is 52.6 Å². The van der Waals surface area contributed by atoms with Gasteiger partial charge >= 0.3 is 5.97 Å². The predicted octanol–water partition coefficient (Wildman–Crippen LogP) is 3.36. The highest BCUT2D eigenvalue weighted by molar-refractivity contribution is 9.09. The minimum Gasteiger partial charge on any atom is -0.493 e. The molecule has 0 saturated heterocycles. The molecule has 1 aromatic rings. The minimum atomic E-state index is -0.544. The smallest absolute Gasteiger partial charge is 0.306 e. The molecular weight excluding hydrogens is 348 g/mol. The summed E-state index contributed by atoms with van der Waals surface area (Å²) >= 11 is 3.28. The van der Waals surface area contributed by atoms with Gasteiger partial charge in [-0.2, -0.15) is 0 Å². The van der Waals surface area contributed by atoms with Crippen LogP contribution in [-0.2, 0) is 19.7 Å². The average molecular weight is 369 g/mol. The molecule has 0 N–H and O–H groups in total. The van der Waals surface area contributed by atoms with E-state index in [2.05, 4.69) is 15.9 Å². The van der Waals surface area contributed by atoms with Crippen LogP contribution in [0.3, 0.4) is 0 Å². The number of Topliss-reactive ketones (excluding diaryl/α,β-unsaturated/α-hetero) is 1. The third-order valence-corrected chi connectivity index (χ3v) is 4.97. The van der Waals surface area contributed by atoms with Gasteiger partial charge in [-0.3, -0.25) is 9.59 Å². The van der Waals surface area contributed by atoms with E-state index in [1.807, 2.05) is 32.0 Å². The van der Waals surface area contributed by atoms with Gasteiger partial charge in [-0.25, -0.2) is 0 Å². The first kappa shape index (κ1) is 17.0. The quantitative estimate of drug-likeness (QED) is 0.590. The van der Waals surface area contributed by atoms with Crippen LogP contribution >= 0.6 is 15.9 Å². The van der Waals surface area contributed by atoms with Crippen LogP contribution in [0.1, 0.15) is 43.7 Å². The minimum absolute atomic E-state index is 0.0242. The van der Waals surface area contributed by atoms with E-state index >= 15 is 0 Å². The maximum absolute atomic E-state index is 12.4. The lowest BCUT2D eigenvalue weighted by Crippen LogP contribution is -2.39. The summed E-state index contributed by atoms with van der Waals surface area (Å²) in [5.74, 6) is 0.626. The molecule has 1 aliphatic heterocycles.